The molecule has 0 bridgehead atoms. The molecule has 28 heavy (non-hydrogen) atoms. The number of phenolic OH excluding ortho intramolecular Hbond substituents is 1. The molecule has 4 N–H and O–H groups in total. The summed E-state index contributed by atoms with van der Waals surface area (Å²) in [6.07, 6.45) is 0.143. The molecule has 0 saturated heterocycles. The number of carbonyl (C=O) groups excluding carboxylic acids is 3. The van der Waals surface area contributed by atoms with Crippen LogP contribution >= 0.6 is 0 Å². The standard InChI is InChI=1S/C21H19N3O4/c25-17-9-4-8-16(11-17)21(28)24-23-20(27)13-22-19(26)12-15-7-3-6-14-5-1-2-10-18(14)15/h1-11,25H,12-13H2,(H,22,26)(H,23,27)(H,24,28). The molecule has 3 aromatic rings. The number of benzene rings is 3. The summed E-state index contributed by atoms with van der Waals surface area (Å²) in [5.74, 6) is -1.50. The van der Waals surface area contributed by atoms with Crippen molar-refractivity contribution in [3.8, 4) is 5.75 Å². The Morgan fingerprint density at radius 1 is 0.821 bits per heavy atom. The number of hydrogen-bond acceptors (Lipinski definition) is 4. The lowest BCUT2D eigenvalue weighted by atomic mass is 10.0. The van der Waals surface area contributed by atoms with Crippen LogP contribution in [-0.4, -0.2) is 29.4 Å². The molecule has 7 heteroatoms. The fourth-order valence-corrected chi connectivity index (χ4v) is 2.75. The molecule has 0 saturated carbocycles. The largest absolute Gasteiger partial charge is 0.508 e. The number of hydrazine groups is 1. The van der Waals surface area contributed by atoms with E-state index in [-0.39, 0.29) is 30.2 Å². The Balaban J connectivity index is 1.47. The number of carbonyl (C=O) groups is 3. The van der Waals surface area contributed by atoms with Crippen molar-refractivity contribution < 1.29 is 19.5 Å². The molecule has 3 rings (SSSR count). The topological polar surface area (TPSA) is 108 Å². The quantitative estimate of drug-likeness (QED) is 0.507. The van der Waals surface area contributed by atoms with Gasteiger partial charge in [-0.25, -0.2) is 0 Å². The van der Waals surface area contributed by atoms with Crippen LogP contribution in [0.4, 0.5) is 0 Å². The van der Waals surface area contributed by atoms with E-state index in [1.54, 1.807) is 0 Å². The van der Waals surface area contributed by atoms with Crippen LogP contribution in [0.1, 0.15) is 15.9 Å². The number of phenols is 1. The van der Waals surface area contributed by atoms with E-state index in [2.05, 4.69) is 16.2 Å². The van der Waals surface area contributed by atoms with Gasteiger partial charge in [0.25, 0.3) is 11.8 Å². The third-order valence-corrected chi connectivity index (χ3v) is 4.10. The molecule has 0 heterocycles. The van der Waals surface area contributed by atoms with Crippen molar-refractivity contribution in [3.63, 3.8) is 0 Å². The number of fused-ring (bicyclic) bond motifs is 1. The predicted octanol–water partition coefficient (Wildman–Crippen LogP) is 1.67. The van der Waals surface area contributed by atoms with Crippen LogP contribution in [0.3, 0.4) is 0 Å². The molecule has 0 aliphatic rings. The fraction of sp³-hybridized carbons (Fsp3) is 0.0952. The number of hydrogen-bond donors (Lipinski definition) is 4. The van der Waals surface area contributed by atoms with Gasteiger partial charge in [-0.15, -0.1) is 0 Å². The van der Waals surface area contributed by atoms with E-state index in [1.165, 1.54) is 24.3 Å². The van der Waals surface area contributed by atoms with Gasteiger partial charge in [0.15, 0.2) is 0 Å². The molecule has 142 valence electrons. The highest BCUT2D eigenvalue weighted by Crippen LogP contribution is 2.18. The van der Waals surface area contributed by atoms with E-state index in [4.69, 9.17) is 0 Å². The highest BCUT2D eigenvalue weighted by atomic mass is 16.3. The molecule has 0 aromatic heterocycles. The molecular formula is C21H19N3O4. The summed E-state index contributed by atoms with van der Waals surface area (Å²) in [5, 5.41) is 13.9. The Morgan fingerprint density at radius 3 is 2.39 bits per heavy atom. The summed E-state index contributed by atoms with van der Waals surface area (Å²) in [4.78, 5) is 35.9. The first-order valence-corrected chi connectivity index (χ1v) is 8.64. The lowest BCUT2D eigenvalue weighted by Gasteiger charge is -2.09. The van der Waals surface area contributed by atoms with Gasteiger partial charge in [-0.2, -0.15) is 0 Å². The van der Waals surface area contributed by atoms with Crippen molar-refractivity contribution in [2.24, 2.45) is 0 Å². The minimum absolute atomic E-state index is 0.0559. The van der Waals surface area contributed by atoms with Crippen molar-refractivity contribution >= 4 is 28.5 Å². The van der Waals surface area contributed by atoms with E-state index in [0.29, 0.717) is 0 Å². The second kappa shape index (κ2) is 8.68. The van der Waals surface area contributed by atoms with Gasteiger partial charge in [-0.05, 0) is 34.5 Å². The Labute approximate surface area is 161 Å². The number of aromatic hydroxyl groups is 1. The Kier molecular flexibility index (Phi) is 5.86. The Morgan fingerprint density at radius 2 is 1.57 bits per heavy atom. The van der Waals surface area contributed by atoms with Crippen LogP contribution < -0.4 is 16.2 Å². The molecule has 0 aliphatic heterocycles. The fourth-order valence-electron chi connectivity index (χ4n) is 2.75. The van der Waals surface area contributed by atoms with Gasteiger partial charge in [-0.3, -0.25) is 25.2 Å². The normalized spacial score (nSPS) is 10.3. The number of amides is 3. The van der Waals surface area contributed by atoms with Gasteiger partial charge < -0.3 is 10.4 Å². The molecular weight excluding hydrogens is 358 g/mol. The zero-order chi connectivity index (χ0) is 19.9. The van der Waals surface area contributed by atoms with Crippen LogP contribution in [0.2, 0.25) is 0 Å². The SMILES string of the molecule is O=C(Cc1cccc2ccccc12)NCC(=O)NNC(=O)c1cccc(O)c1. The van der Waals surface area contributed by atoms with Gasteiger partial charge in [0.1, 0.15) is 5.75 Å². The molecule has 7 nitrogen and oxygen atoms in total. The summed E-state index contributed by atoms with van der Waals surface area (Å²) in [5.41, 5.74) is 5.50. The zero-order valence-electron chi connectivity index (χ0n) is 14.9. The van der Waals surface area contributed by atoms with Crippen LogP contribution in [0.25, 0.3) is 10.8 Å². The predicted molar refractivity (Wildman–Crippen MR) is 104 cm³/mol. The third-order valence-electron chi connectivity index (χ3n) is 4.10. The first kappa shape index (κ1) is 18.9. The summed E-state index contributed by atoms with van der Waals surface area (Å²) >= 11 is 0. The van der Waals surface area contributed by atoms with Crippen molar-refractivity contribution in [2.75, 3.05) is 6.54 Å². The van der Waals surface area contributed by atoms with Gasteiger partial charge in [0.2, 0.25) is 5.91 Å². The van der Waals surface area contributed by atoms with Gasteiger partial charge >= 0.3 is 0 Å². The highest BCUT2D eigenvalue weighted by molar-refractivity contribution is 5.96. The molecule has 0 radical (unpaired) electrons. The van der Waals surface area contributed by atoms with E-state index in [0.717, 1.165) is 16.3 Å². The van der Waals surface area contributed by atoms with E-state index >= 15 is 0 Å². The molecule has 3 aromatic carbocycles. The maximum atomic E-state index is 12.2. The molecule has 0 fully saturated rings. The lowest BCUT2D eigenvalue weighted by molar-refractivity contribution is -0.126. The molecule has 0 unspecified atom stereocenters. The van der Waals surface area contributed by atoms with Crippen molar-refractivity contribution in [1.82, 2.24) is 16.2 Å². The summed E-state index contributed by atoms with van der Waals surface area (Å²) in [7, 11) is 0. The smallest absolute Gasteiger partial charge is 0.269 e. The second-order valence-electron chi connectivity index (χ2n) is 6.14. The average molecular weight is 377 g/mol. The maximum absolute atomic E-state index is 12.2. The van der Waals surface area contributed by atoms with Crippen LogP contribution in [0.5, 0.6) is 5.75 Å². The van der Waals surface area contributed by atoms with E-state index in [1.807, 2.05) is 42.5 Å². The summed E-state index contributed by atoms with van der Waals surface area (Å²) in [6, 6.07) is 19.2. The summed E-state index contributed by atoms with van der Waals surface area (Å²) < 4.78 is 0. The van der Waals surface area contributed by atoms with Crippen molar-refractivity contribution in [3.05, 3.63) is 77.9 Å². The number of nitrogens with one attached hydrogen (secondary N) is 3. The Bertz CT molecular complexity index is 1030. The van der Waals surface area contributed by atoms with Crippen molar-refractivity contribution in [1.29, 1.82) is 0 Å². The molecule has 0 atom stereocenters. The van der Waals surface area contributed by atoms with Crippen molar-refractivity contribution in [2.45, 2.75) is 6.42 Å². The monoisotopic (exact) mass is 377 g/mol. The van der Waals surface area contributed by atoms with E-state index in [9.17, 15) is 19.5 Å². The molecule has 3 amide bonds. The van der Waals surface area contributed by atoms with Crippen LogP contribution in [0.15, 0.2) is 66.7 Å². The zero-order valence-corrected chi connectivity index (χ0v) is 14.9. The first-order chi connectivity index (χ1) is 13.5. The minimum Gasteiger partial charge on any atom is -0.508 e. The van der Waals surface area contributed by atoms with E-state index < -0.39 is 11.8 Å². The van der Waals surface area contributed by atoms with Crippen LogP contribution in [-0.2, 0) is 16.0 Å². The third kappa shape index (κ3) is 4.85. The number of rotatable bonds is 5. The lowest BCUT2D eigenvalue weighted by Crippen LogP contribution is -2.46. The summed E-state index contributed by atoms with van der Waals surface area (Å²) in [6.45, 7) is -0.274. The maximum Gasteiger partial charge on any atom is 0.269 e. The molecule has 0 aliphatic carbocycles. The highest BCUT2D eigenvalue weighted by Gasteiger charge is 2.10. The molecule has 0 spiro atoms. The first-order valence-electron chi connectivity index (χ1n) is 8.64. The van der Waals surface area contributed by atoms with Gasteiger partial charge in [0, 0.05) is 5.56 Å². The van der Waals surface area contributed by atoms with Gasteiger partial charge in [-0.1, -0.05) is 48.5 Å². The Hall–Kier alpha value is -3.87. The van der Waals surface area contributed by atoms with Gasteiger partial charge in [0.05, 0.1) is 13.0 Å². The minimum atomic E-state index is -0.577. The second-order valence-corrected chi connectivity index (χ2v) is 6.14. The average Bonchev–Trinajstić information content (AvgIpc) is 2.71. The van der Waals surface area contributed by atoms with Crippen LogP contribution in [0, 0.1) is 0 Å².